The molecule has 1 aliphatic rings. The molecular weight excluding hydrogens is 230 g/mol. The number of Topliss-reactive ketones (excluding diaryl/α,β-unsaturated/α-hetero) is 1. The lowest BCUT2D eigenvalue weighted by Crippen LogP contribution is -2.27. The number of aryl methyl sites for hydroxylation is 1. The van der Waals surface area contributed by atoms with Crippen molar-refractivity contribution in [1.82, 2.24) is 0 Å². The van der Waals surface area contributed by atoms with Crippen LogP contribution in [0.5, 0.6) is 0 Å². The number of hydrogen-bond acceptors (Lipinski definition) is 3. The summed E-state index contributed by atoms with van der Waals surface area (Å²) in [7, 11) is 0. The van der Waals surface area contributed by atoms with Crippen LogP contribution in [0.15, 0.2) is 12.1 Å². The van der Waals surface area contributed by atoms with Crippen LogP contribution >= 0.6 is 11.3 Å². The highest BCUT2D eigenvalue weighted by Crippen LogP contribution is 2.28. The molecule has 1 aromatic rings. The predicted molar refractivity (Wildman–Crippen MR) is 72.6 cm³/mol. The van der Waals surface area contributed by atoms with Gasteiger partial charge in [0.25, 0.3) is 0 Å². The summed E-state index contributed by atoms with van der Waals surface area (Å²) in [6.07, 6.45) is 6.16. The first kappa shape index (κ1) is 12.8. The van der Waals surface area contributed by atoms with Crippen LogP contribution in [-0.2, 0) is 6.42 Å². The third-order valence-corrected chi connectivity index (χ3v) is 4.92. The summed E-state index contributed by atoms with van der Waals surface area (Å²) in [4.78, 5) is 14.3. The highest BCUT2D eigenvalue weighted by Gasteiger charge is 2.22. The van der Waals surface area contributed by atoms with Crippen molar-refractivity contribution in [1.29, 1.82) is 0 Å². The minimum atomic E-state index is 0.329. The van der Waals surface area contributed by atoms with Crippen molar-refractivity contribution in [2.45, 2.75) is 51.5 Å². The van der Waals surface area contributed by atoms with Crippen molar-refractivity contribution in [3.63, 3.8) is 0 Å². The molecule has 1 saturated carbocycles. The quantitative estimate of drug-likeness (QED) is 0.833. The number of thiophene rings is 1. The molecular formula is C14H21NOS. The summed E-state index contributed by atoms with van der Waals surface area (Å²) in [5.74, 6) is 0.893. The number of nitrogens with two attached hydrogens (primary N) is 1. The van der Waals surface area contributed by atoms with Crippen molar-refractivity contribution in [3.8, 4) is 0 Å². The molecule has 0 saturated heterocycles. The maximum atomic E-state index is 12.1. The van der Waals surface area contributed by atoms with Gasteiger partial charge in [-0.1, -0.05) is 6.92 Å². The number of carbonyl (C=O) groups excluding carboxylic acids is 1. The van der Waals surface area contributed by atoms with Crippen LogP contribution in [0.25, 0.3) is 0 Å². The molecule has 0 spiro atoms. The third kappa shape index (κ3) is 3.39. The number of hydrogen-bond donors (Lipinski definition) is 1. The Hall–Kier alpha value is -0.670. The average molecular weight is 251 g/mol. The van der Waals surface area contributed by atoms with E-state index < -0.39 is 0 Å². The molecule has 0 radical (unpaired) electrons. The second kappa shape index (κ2) is 5.78. The van der Waals surface area contributed by atoms with Crippen LogP contribution in [0.1, 0.15) is 53.6 Å². The molecule has 1 aliphatic carbocycles. The summed E-state index contributed by atoms with van der Waals surface area (Å²) in [5.41, 5.74) is 5.88. The lowest BCUT2D eigenvalue weighted by molar-refractivity contribution is 0.0952. The minimum absolute atomic E-state index is 0.329. The SMILES string of the molecule is CCc1ccc(C(=O)CC2CCC(N)CC2)s1. The molecule has 0 aliphatic heterocycles. The van der Waals surface area contributed by atoms with Gasteiger partial charge in [-0.05, 0) is 50.2 Å². The van der Waals surface area contributed by atoms with E-state index in [1.165, 1.54) is 4.88 Å². The first-order valence-electron chi connectivity index (χ1n) is 6.56. The van der Waals surface area contributed by atoms with E-state index in [9.17, 15) is 4.79 Å². The van der Waals surface area contributed by atoms with Gasteiger partial charge in [-0.2, -0.15) is 0 Å². The van der Waals surface area contributed by atoms with Crippen molar-refractivity contribution in [2.75, 3.05) is 0 Å². The molecule has 2 nitrogen and oxygen atoms in total. The van der Waals surface area contributed by atoms with E-state index in [-0.39, 0.29) is 0 Å². The molecule has 94 valence electrons. The zero-order chi connectivity index (χ0) is 12.3. The highest BCUT2D eigenvalue weighted by molar-refractivity contribution is 7.14. The molecule has 3 heteroatoms. The lowest BCUT2D eigenvalue weighted by Gasteiger charge is -2.25. The van der Waals surface area contributed by atoms with Crippen molar-refractivity contribution >= 4 is 17.1 Å². The van der Waals surface area contributed by atoms with E-state index in [1.54, 1.807) is 11.3 Å². The van der Waals surface area contributed by atoms with Crippen molar-refractivity contribution in [2.24, 2.45) is 11.7 Å². The average Bonchev–Trinajstić information content (AvgIpc) is 2.81. The lowest BCUT2D eigenvalue weighted by atomic mass is 9.83. The second-order valence-electron chi connectivity index (χ2n) is 5.03. The molecule has 17 heavy (non-hydrogen) atoms. The van der Waals surface area contributed by atoms with Crippen LogP contribution in [0.3, 0.4) is 0 Å². The first-order valence-corrected chi connectivity index (χ1v) is 7.38. The smallest absolute Gasteiger partial charge is 0.173 e. The van der Waals surface area contributed by atoms with Gasteiger partial charge in [0.1, 0.15) is 0 Å². The summed E-state index contributed by atoms with van der Waals surface area (Å²) in [6.45, 7) is 2.13. The van der Waals surface area contributed by atoms with E-state index in [0.717, 1.165) is 43.4 Å². The summed E-state index contributed by atoms with van der Waals surface area (Å²) < 4.78 is 0. The molecule has 1 heterocycles. The van der Waals surface area contributed by atoms with E-state index >= 15 is 0 Å². The van der Waals surface area contributed by atoms with Crippen LogP contribution in [0.2, 0.25) is 0 Å². The van der Waals surface area contributed by atoms with Gasteiger partial charge in [-0.15, -0.1) is 11.3 Å². The van der Waals surface area contributed by atoms with Crippen molar-refractivity contribution in [3.05, 3.63) is 21.9 Å². The predicted octanol–water partition coefficient (Wildman–Crippen LogP) is 3.40. The molecule has 1 aromatic heterocycles. The van der Waals surface area contributed by atoms with Crippen LogP contribution in [0, 0.1) is 5.92 Å². The van der Waals surface area contributed by atoms with Gasteiger partial charge >= 0.3 is 0 Å². The maximum absolute atomic E-state index is 12.1. The largest absolute Gasteiger partial charge is 0.328 e. The second-order valence-corrected chi connectivity index (χ2v) is 6.20. The summed E-state index contributed by atoms with van der Waals surface area (Å²) in [6, 6.07) is 4.43. The van der Waals surface area contributed by atoms with Crippen LogP contribution < -0.4 is 5.73 Å². The van der Waals surface area contributed by atoms with Gasteiger partial charge in [0.05, 0.1) is 4.88 Å². The Bertz CT molecular complexity index is 377. The normalized spacial score (nSPS) is 24.8. The Balaban J connectivity index is 1.88. The number of carbonyl (C=O) groups is 1. The molecule has 0 bridgehead atoms. The Labute approximate surface area is 107 Å². The van der Waals surface area contributed by atoms with Gasteiger partial charge in [0, 0.05) is 17.3 Å². The monoisotopic (exact) mass is 251 g/mol. The molecule has 2 rings (SSSR count). The molecule has 0 amide bonds. The molecule has 0 atom stereocenters. The van der Waals surface area contributed by atoms with E-state index in [1.807, 2.05) is 6.07 Å². The number of rotatable bonds is 4. The standard InChI is InChI=1S/C14H21NOS/c1-2-12-7-8-14(17-12)13(16)9-10-3-5-11(15)6-4-10/h7-8,10-11H,2-6,9,15H2,1H3. The fourth-order valence-corrected chi connectivity index (χ4v) is 3.37. The number of ketones is 1. The van der Waals surface area contributed by atoms with Gasteiger partial charge in [-0.25, -0.2) is 0 Å². The topological polar surface area (TPSA) is 43.1 Å². The zero-order valence-electron chi connectivity index (χ0n) is 10.4. The van der Waals surface area contributed by atoms with E-state index in [4.69, 9.17) is 5.73 Å². The molecule has 0 aromatic carbocycles. The first-order chi connectivity index (χ1) is 8.19. The van der Waals surface area contributed by atoms with Crippen LogP contribution in [-0.4, -0.2) is 11.8 Å². The fraction of sp³-hybridized carbons (Fsp3) is 0.643. The third-order valence-electron chi connectivity index (χ3n) is 3.65. The van der Waals surface area contributed by atoms with Gasteiger partial charge in [0.15, 0.2) is 5.78 Å². The van der Waals surface area contributed by atoms with Gasteiger partial charge in [0.2, 0.25) is 0 Å². The Morgan fingerprint density at radius 2 is 2.06 bits per heavy atom. The zero-order valence-corrected chi connectivity index (χ0v) is 11.3. The van der Waals surface area contributed by atoms with Gasteiger partial charge in [-0.3, -0.25) is 4.79 Å². The van der Waals surface area contributed by atoms with Crippen molar-refractivity contribution < 1.29 is 4.79 Å². The Morgan fingerprint density at radius 3 is 2.65 bits per heavy atom. The maximum Gasteiger partial charge on any atom is 0.173 e. The molecule has 2 N–H and O–H groups in total. The molecule has 0 unspecified atom stereocenters. The highest BCUT2D eigenvalue weighted by atomic mass is 32.1. The van der Waals surface area contributed by atoms with Crippen LogP contribution in [0.4, 0.5) is 0 Å². The van der Waals surface area contributed by atoms with E-state index in [2.05, 4.69) is 13.0 Å². The van der Waals surface area contributed by atoms with Gasteiger partial charge < -0.3 is 5.73 Å². The summed E-state index contributed by atoms with van der Waals surface area (Å²) in [5, 5.41) is 0. The minimum Gasteiger partial charge on any atom is -0.328 e. The fourth-order valence-electron chi connectivity index (χ4n) is 2.47. The van der Waals surface area contributed by atoms with E-state index in [0.29, 0.717) is 17.7 Å². The Morgan fingerprint density at radius 1 is 1.35 bits per heavy atom. The Kier molecular flexibility index (Phi) is 4.35. The molecule has 1 fully saturated rings. The summed E-state index contributed by atoms with van der Waals surface area (Å²) >= 11 is 1.66.